The van der Waals surface area contributed by atoms with Gasteiger partial charge in [-0.1, -0.05) is 25.4 Å². The van der Waals surface area contributed by atoms with Crippen molar-refractivity contribution in [2.75, 3.05) is 6.54 Å². The Hall–Kier alpha value is -1.86. The van der Waals surface area contributed by atoms with E-state index < -0.39 is 11.8 Å². The molecule has 0 saturated heterocycles. The molecule has 0 atom stereocenters. The Labute approximate surface area is 130 Å². The summed E-state index contributed by atoms with van der Waals surface area (Å²) >= 11 is 7.32. The molecule has 0 aliphatic heterocycles. The average molecular weight is 327 g/mol. The van der Waals surface area contributed by atoms with E-state index in [1.807, 2.05) is 13.8 Å². The Morgan fingerprint density at radius 1 is 1.48 bits per heavy atom. The topological polar surface area (TPSA) is 101 Å². The highest BCUT2D eigenvalue weighted by atomic mass is 35.5. The first-order chi connectivity index (χ1) is 9.81. The van der Waals surface area contributed by atoms with Crippen LogP contribution in [0.3, 0.4) is 0 Å². The van der Waals surface area contributed by atoms with Gasteiger partial charge in [-0.2, -0.15) is 0 Å². The second kappa shape index (κ2) is 5.87. The molecule has 2 amide bonds. The van der Waals surface area contributed by atoms with Gasteiger partial charge in [0.1, 0.15) is 11.5 Å². The lowest BCUT2D eigenvalue weighted by atomic mass is 10.2. The first-order valence-electron chi connectivity index (χ1n) is 6.27. The first kappa shape index (κ1) is 15.5. The number of nitrogens with zero attached hydrogens (tertiary/aromatic N) is 1. The van der Waals surface area contributed by atoms with Crippen molar-refractivity contribution in [3.8, 4) is 0 Å². The van der Waals surface area contributed by atoms with E-state index in [0.29, 0.717) is 15.5 Å². The number of rotatable bonds is 4. The van der Waals surface area contributed by atoms with Crippen LogP contribution < -0.4 is 11.1 Å². The molecule has 6 nitrogen and oxygen atoms in total. The number of fused-ring (bicyclic) bond motifs is 1. The number of primary amides is 1. The molecule has 21 heavy (non-hydrogen) atoms. The van der Waals surface area contributed by atoms with Gasteiger partial charge in [-0.3, -0.25) is 19.6 Å². The number of aromatic nitrogens is 1. The van der Waals surface area contributed by atoms with Crippen LogP contribution in [0.2, 0.25) is 4.34 Å². The standard InChI is InChI=1S/C13H15ClN4O2S/c1-6(2)12(16)18-7-4-10(14)21-9(7)3-8(18)13(20)17-5-11(15)19/h3-4,6,16H,5H2,1-2H3,(H2,15,19)(H,17,20). The summed E-state index contributed by atoms with van der Waals surface area (Å²) in [6.07, 6.45) is 0. The predicted molar refractivity (Wildman–Crippen MR) is 84.3 cm³/mol. The van der Waals surface area contributed by atoms with Gasteiger partial charge < -0.3 is 11.1 Å². The smallest absolute Gasteiger partial charge is 0.268 e. The Bertz CT molecular complexity index is 732. The Morgan fingerprint density at radius 2 is 2.14 bits per heavy atom. The highest BCUT2D eigenvalue weighted by molar-refractivity contribution is 7.22. The number of hydrogen-bond acceptors (Lipinski definition) is 4. The van der Waals surface area contributed by atoms with E-state index in [1.54, 1.807) is 16.7 Å². The molecule has 2 rings (SSSR count). The fourth-order valence-corrected chi connectivity index (χ4v) is 3.06. The van der Waals surface area contributed by atoms with Crippen molar-refractivity contribution < 1.29 is 9.59 Å². The van der Waals surface area contributed by atoms with E-state index in [0.717, 1.165) is 4.70 Å². The Morgan fingerprint density at radius 3 is 2.71 bits per heavy atom. The second-order valence-electron chi connectivity index (χ2n) is 4.85. The van der Waals surface area contributed by atoms with E-state index in [1.165, 1.54) is 11.3 Å². The van der Waals surface area contributed by atoms with Crippen molar-refractivity contribution >= 4 is 50.8 Å². The van der Waals surface area contributed by atoms with Crippen molar-refractivity contribution in [3.63, 3.8) is 0 Å². The van der Waals surface area contributed by atoms with Gasteiger partial charge in [0.25, 0.3) is 5.91 Å². The molecule has 0 aliphatic carbocycles. The number of nitrogens with one attached hydrogen (secondary N) is 2. The maximum atomic E-state index is 12.2. The highest BCUT2D eigenvalue weighted by Gasteiger charge is 2.21. The summed E-state index contributed by atoms with van der Waals surface area (Å²) in [6, 6.07) is 3.39. The summed E-state index contributed by atoms with van der Waals surface area (Å²) in [4.78, 5) is 23.0. The van der Waals surface area contributed by atoms with E-state index in [4.69, 9.17) is 22.7 Å². The number of carbonyl (C=O) groups is 2. The lowest BCUT2D eigenvalue weighted by Gasteiger charge is -2.13. The van der Waals surface area contributed by atoms with Crippen molar-refractivity contribution in [3.05, 3.63) is 22.2 Å². The zero-order valence-electron chi connectivity index (χ0n) is 11.6. The van der Waals surface area contributed by atoms with E-state index in [9.17, 15) is 9.59 Å². The quantitative estimate of drug-likeness (QED) is 0.591. The number of carbonyl (C=O) groups excluding carboxylic acids is 2. The van der Waals surface area contributed by atoms with Crippen LogP contribution in [-0.2, 0) is 4.79 Å². The number of halogens is 1. The second-order valence-corrected chi connectivity index (χ2v) is 6.57. The fourth-order valence-electron chi connectivity index (χ4n) is 1.90. The molecule has 112 valence electrons. The molecule has 0 fully saturated rings. The summed E-state index contributed by atoms with van der Waals surface area (Å²) in [7, 11) is 0. The van der Waals surface area contributed by atoms with Crippen LogP contribution in [0.5, 0.6) is 0 Å². The normalized spacial score (nSPS) is 11.0. The molecule has 4 N–H and O–H groups in total. The maximum Gasteiger partial charge on any atom is 0.268 e. The van der Waals surface area contributed by atoms with Crippen molar-refractivity contribution in [2.24, 2.45) is 11.7 Å². The first-order valence-corrected chi connectivity index (χ1v) is 7.46. The summed E-state index contributed by atoms with van der Waals surface area (Å²) < 4.78 is 2.96. The minimum absolute atomic E-state index is 0.0676. The van der Waals surface area contributed by atoms with E-state index in [-0.39, 0.29) is 18.3 Å². The van der Waals surface area contributed by atoms with E-state index in [2.05, 4.69) is 5.32 Å². The molecule has 2 aromatic heterocycles. The fraction of sp³-hybridized carbons (Fsp3) is 0.308. The predicted octanol–water partition coefficient (Wildman–Crippen LogP) is 2.05. The molecule has 0 aliphatic rings. The van der Waals surface area contributed by atoms with Crippen LogP contribution in [0.4, 0.5) is 0 Å². The molecule has 0 saturated carbocycles. The lowest BCUT2D eigenvalue weighted by Crippen LogP contribution is -2.35. The van der Waals surface area contributed by atoms with Crippen LogP contribution in [-0.4, -0.2) is 28.8 Å². The Kier molecular flexibility index (Phi) is 4.34. The molecule has 2 heterocycles. The van der Waals surface area contributed by atoms with Crippen LogP contribution in [0.15, 0.2) is 12.1 Å². The molecule has 2 aromatic rings. The molecular formula is C13H15ClN4O2S. The van der Waals surface area contributed by atoms with Crippen molar-refractivity contribution in [1.29, 1.82) is 5.41 Å². The van der Waals surface area contributed by atoms with Gasteiger partial charge in [0.05, 0.1) is 21.1 Å². The van der Waals surface area contributed by atoms with Crippen LogP contribution in [0, 0.1) is 11.3 Å². The summed E-state index contributed by atoms with van der Waals surface area (Å²) in [5.74, 6) is -0.852. The third kappa shape index (κ3) is 3.08. The third-order valence-electron chi connectivity index (χ3n) is 2.90. The van der Waals surface area contributed by atoms with Gasteiger partial charge in [-0.15, -0.1) is 11.3 Å². The summed E-state index contributed by atoms with van der Waals surface area (Å²) in [6.45, 7) is 3.49. The van der Waals surface area contributed by atoms with Gasteiger partial charge in [0.15, 0.2) is 0 Å². The maximum absolute atomic E-state index is 12.2. The van der Waals surface area contributed by atoms with Crippen LogP contribution >= 0.6 is 22.9 Å². The van der Waals surface area contributed by atoms with Crippen LogP contribution in [0.1, 0.15) is 24.3 Å². The average Bonchev–Trinajstić information content (AvgIpc) is 2.90. The van der Waals surface area contributed by atoms with Gasteiger partial charge in [-0.25, -0.2) is 0 Å². The number of amides is 2. The largest absolute Gasteiger partial charge is 0.368 e. The van der Waals surface area contributed by atoms with Gasteiger partial charge in [0.2, 0.25) is 5.91 Å². The number of nitrogens with two attached hydrogens (primary N) is 1. The molecule has 0 radical (unpaired) electrons. The molecule has 0 unspecified atom stereocenters. The minimum atomic E-state index is -0.620. The number of thiophene rings is 1. The van der Waals surface area contributed by atoms with Gasteiger partial charge >= 0.3 is 0 Å². The van der Waals surface area contributed by atoms with Crippen molar-refractivity contribution in [1.82, 2.24) is 9.88 Å². The summed E-state index contributed by atoms with van der Waals surface area (Å²) in [5.41, 5.74) is 6.04. The Balaban J connectivity index is 2.49. The molecule has 8 heteroatoms. The monoisotopic (exact) mass is 326 g/mol. The number of hydrogen-bond donors (Lipinski definition) is 3. The molecular weight excluding hydrogens is 312 g/mol. The minimum Gasteiger partial charge on any atom is -0.368 e. The highest BCUT2D eigenvalue weighted by Crippen LogP contribution is 2.32. The molecule has 0 aromatic carbocycles. The molecule has 0 bridgehead atoms. The zero-order valence-corrected chi connectivity index (χ0v) is 13.1. The zero-order chi connectivity index (χ0) is 15.7. The summed E-state index contributed by atoms with van der Waals surface area (Å²) in [5, 5.41) is 10.6. The van der Waals surface area contributed by atoms with E-state index >= 15 is 0 Å². The lowest BCUT2D eigenvalue weighted by molar-refractivity contribution is -0.117. The van der Waals surface area contributed by atoms with Gasteiger partial charge in [-0.05, 0) is 12.1 Å². The van der Waals surface area contributed by atoms with Crippen LogP contribution in [0.25, 0.3) is 10.2 Å². The van der Waals surface area contributed by atoms with Gasteiger partial charge in [0, 0.05) is 5.92 Å². The molecule has 0 spiro atoms. The third-order valence-corrected chi connectivity index (χ3v) is 4.10. The SMILES string of the molecule is CC(C)C(=N)n1c(C(=O)NCC(N)=O)cc2sc(Cl)cc21. The van der Waals surface area contributed by atoms with Crippen molar-refractivity contribution in [2.45, 2.75) is 13.8 Å².